The van der Waals surface area contributed by atoms with Gasteiger partial charge in [-0.15, -0.1) is 0 Å². The highest BCUT2D eigenvalue weighted by atomic mass is 32.2. The molecule has 2 aliphatic rings. The highest BCUT2D eigenvalue weighted by Gasteiger charge is 2.33. The van der Waals surface area contributed by atoms with Gasteiger partial charge in [0.25, 0.3) is 0 Å². The van der Waals surface area contributed by atoms with Crippen LogP contribution in [0.25, 0.3) is 11.1 Å². The number of cyclic esters (lactones) is 1. The summed E-state index contributed by atoms with van der Waals surface area (Å²) in [6.07, 6.45) is -0.0443. The van der Waals surface area contributed by atoms with E-state index >= 15 is 4.39 Å². The molecule has 0 radical (unpaired) electrons. The molecule has 2 aliphatic heterocycles. The smallest absolute Gasteiger partial charge is 0.414 e. The monoisotopic (exact) mass is 460 g/mol. The zero-order valence-electron chi connectivity index (χ0n) is 18.0. The van der Waals surface area contributed by atoms with Gasteiger partial charge in [-0.05, 0) is 36.8 Å². The van der Waals surface area contributed by atoms with Crippen LogP contribution in [-0.4, -0.2) is 68.1 Å². The Bertz CT molecular complexity index is 1020. The second-order valence-electron chi connectivity index (χ2n) is 7.62. The van der Waals surface area contributed by atoms with E-state index in [1.807, 2.05) is 24.8 Å². The highest BCUT2D eigenvalue weighted by molar-refractivity contribution is 7.99. The van der Waals surface area contributed by atoms with Crippen LogP contribution in [-0.2, 0) is 9.47 Å². The van der Waals surface area contributed by atoms with Crippen molar-refractivity contribution >= 4 is 35.5 Å². The number of nitrogens with one attached hydrogen (secondary N) is 1. The number of hydrogen-bond donors (Lipinski definition) is 1. The number of aryl methyl sites for hydroxylation is 1. The fourth-order valence-corrected chi connectivity index (χ4v) is 4.74. The first kappa shape index (κ1) is 22.2. The van der Waals surface area contributed by atoms with Crippen molar-refractivity contribution in [2.45, 2.75) is 13.0 Å². The number of ether oxygens (including phenoxy) is 2. The second-order valence-corrected chi connectivity index (χ2v) is 8.84. The van der Waals surface area contributed by atoms with Gasteiger partial charge in [-0.25, -0.2) is 19.0 Å². The van der Waals surface area contributed by atoms with Gasteiger partial charge in [0, 0.05) is 41.9 Å². The molecule has 2 saturated heterocycles. The van der Waals surface area contributed by atoms with Crippen molar-refractivity contribution in [2.75, 3.05) is 54.6 Å². The molecule has 0 spiro atoms. The lowest BCUT2D eigenvalue weighted by Crippen LogP contribution is -2.34. The molecule has 10 heteroatoms. The fraction of sp³-hybridized carbons (Fsp3) is 0.409. The summed E-state index contributed by atoms with van der Waals surface area (Å²) in [6.45, 7) is 4.22. The molecule has 1 N–H and O–H groups in total. The summed E-state index contributed by atoms with van der Waals surface area (Å²) < 4.78 is 24.8. The number of nitrogens with zero attached hydrogens (tertiary/aromatic N) is 3. The number of thioether (sulfide) groups is 1. The Morgan fingerprint density at radius 1 is 1.34 bits per heavy atom. The second kappa shape index (κ2) is 9.64. The maximum Gasteiger partial charge on any atom is 0.414 e. The lowest BCUT2D eigenvalue weighted by molar-refractivity contribution is 0.132. The molecule has 32 heavy (non-hydrogen) atoms. The third-order valence-corrected chi connectivity index (χ3v) is 6.41. The molecule has 0 saturated carbocycles. The summed E-state index contributed by atoms with van der Waals surface area (Å²) in [5.41, 5.74) is 2.50. The van der Waals surface area contributed by atoms with Crippen molar-refractivity contribution < 1.29 is 23.5 Å². The van der Waals surface area contributed by atoms with Crippen LogP contribution < -0.4 is 15.1 Å². The van der Waals surface area contributed by atoms with E-state index in [1.165, 1.54) is 18.1 Å². The third kappa shape index (κ3) is 4.74. The van der Waals surface area contributed by atoms with Gasteiger partial charge < -0.3 is 19.7 Å². The Morgan fingerprint density at radius 2 is 2.12 bits per heavy atom. The van der Waals surface area contributed by atoms with Gasteiger partial charge in [-0.3, -0.25) is 4.90 Å². The van der Waals surface area contributed by atoms with Crippen LogP contribution in [0.2, 0.25) is 0 Å². The van der Waals surface area contributed by atoms with Crippen molar-refractivity contribution in [1.29, 1.82) is 0 Å². The zero-order chi connectivity index (χ0) is 22.7. The average Bonchev–Trinajstić information content (AvgIpc) is 3.18. The molecule has 2 amide bonds. The largest absolute Gasteiger partial charge is 0.453 e. The van der Waals surface area contributed by atoms with Crippen LogP contribution >= 0.6 is 11.8 Å². The van der Waals surface area contributed by atoms with Gasteiger partial charge in [-0.1, -0.05) is 0 Å². The quantitative estimate of drug-likeness (QED) is 0.732. The van der Waals surface area contributed by atoms with E-state index in [4.69, 9.17) is 4.74 Å². The Morgan fingerprint density at radius 3 is 2.81 bits per heavy atom. The number of carbonyl (C=O) groups excluding carboxylic acids is 2. The molecular formula is C22H25FN4O4S. The average molecular weight is 461 g/mol. The van der Waals surface area contributed by atoms with Gasteiger partial charge >= 0.3 is 12.2 Å². The Hall–Kier alpha value is -3.01. The van der Waals surface area contributed by atoms with Crippen molar-refractivity contribution in [3.8, 4) is 11.1 Å². The van der Waals surface area contributed by atoms with Crippen molar-refractivity contribution in [2.24, 2.45) is 0 Å². The summed E-state index contributed by atoms with van der Waals surface area (Å²) in [6, 6.07) is 6.59. The minimum Gasteiger partial charge on any atom is -0.453 e. The van der Waals surface area contributed by atoms with Crippen molar-refractivity contribution in [1.82, 2.24) is 10.3 Å². The molecular weight excluding hydrogens is 435 g/mol. The van der Waals surface area contributed by atoms with Gasteiger partial charge in [0.15, 0.2) is 0 Å². The number of hydrogen-bond acceptors (Lipinski definition) is 7. The Balaban J connectivity index is 1.48. The first-order valence-electron chi connectivity index (χ1n) is 10.4. The minimum atomic E-state index is -0.607. The van der Waals surface area contributed by atoms with Crippen molar-refractivity contribution in [3.05, 3.63) is 41.8 Å². The molecule has 8 nitrogen and oxygen atoms in total. The molecule has 1 aromatic heterocycles. The van der Waals surface area contributed by atoms with E-state index in [-0.39, 0.29) is 13.1 Å². The van der Waals surface area contributed by atoms with E-state index in [9.17, 15) is 9.59 Å². The number of anilines is 2. The lowest BCUT2D eigenvalue weighted by Gasteiger charge is -2.28. The van der Waals surface area contributed by atoms with Crippen LogP contribution in [0.3, 0.4) is 0 Å². The maximum absolute atomic E-state index is 15.0. The number of halogens is 1. The van der Waals surface area contributed by atoms with Crippen LogP contribution in [0.15, 0.2) is 30.5 Å². The predicted molar refractivity (Wildman–Crippen MR) is 122 cm³/mol. The summed E-state index contributed by atoms with van der Waals surface area (Å²) in [4.78, 5) is 31.6. The summed E-state index contributed by atoms with van der Waals surface area (Å²) in [5, 5.41) is 2.49. The van der Waals surface area contributed by atoms with E-state index in [2.05, 4.69) is 19.9 Å². The van der Waals surface area contributed by atoms with Crippen LogP contribution in [0, 0.1) is 12.7 Å². The summed E-state index contributed by atoms with van der Waals surface area (Å²) in [7, 11) is 1.25. The number of aromatic nitrogens is 1. The number of benzene rings is 1. The molecule has 4 rings (SSSR count). The molecule has 0 aliphatic carbocycles. The number of carbonyl (C=O) groups is 2. The third-order valence-electron chi connectivity index (χ3n) is 5.47. The van der Waals surface area contributed by atoms with Gasteiger partial charge in [0.2, 0.25) is 0 Å². The van der Waals surface area contributed by atoms with E-state index in [1.54, 1.807) is 18.3 Å². The number of rotatable bonds is 5. The molecule has 1 atom stereocenters. The predicted octanol–water partition coefficient (Wildman–Crippen LogP) is 3.43. The summed E-state index contributed by atoms with van der Waals surface area (Å²) >= 11 is 1.94. The Kier molecular flexibility index (Phi) is 6.69. The number of methoxy groups -OCH3 is 1. The molecule has 1 aromatic carbocycles. The number of pyridine rings is 1. The molecule has 170 valence electrons. The van der Waals surface area contributed by atoms with Gasteiger partial charge in [0.05, 0.1) is 25.9 Å². The van der Waals surface area contributed by atoms with E-state index in [0.717, 1.165) is 36.0 Å². The lowest BCUT2D eigenvalue weighted by atomic mass is 10.0. The SMILES string of the molecule is COC(=O)NC[C@H]1CN(c2ccc(-c3cnc(N4CCSCC4)c(C)c3)c(F)c2)C(=O)O1. The minimum absolute atomic E-state index is 0.114. The topological polar surface area (TPSA) is 84.0 Å². The Labute approximate surface area is 190 Å². The van der Waals surface area contributed by atoms with Gasteiger partial charge in [0.1, 0.15) is 17.7 Å². The van der Waals surface area contributed by atoms with Crippen LogP contribution in [0.1, 0.15) is 5.56 Å². The number of alkyl carbamates (subject to hydrolysis) is 1. The molecule has 2 fully saturated rings. The fourth-order valence-electron chi connectivity index (χ4n) is 3.84. The van der Waals surface area contributed by atoms with Crippen LogP contribution in [0.4, 0.5) is 25.5 Å². The maximum atomic E-state index is 15.0. The first-order chi connectivity index (χ1) is 15.5. The normalized spacial score (nSPS) is 18.5. The molecule has 0 bridgehead atoms. The van der Waals surface area contributed by atoms with Crippen LogP contribution in [0.5, 0.6) is 0 Å². The van der Waals surface area contributed by atoms with Crippen molar-refractivity contribution in [3.63, 3.8) is 0 Å². The van der Waals surface area contributed by atoms with Gasteiger partial charge in [-0.2, -0.15) is 11.8 Å². The molecule has 0 unspecified atom stereocenters. The molecule has 2 aromatic rings. The number of amides is 2. The molecule has 3 heterocycles. The highest BCUT2D eigenvalue weighted by Crippen LogP contribution is 2.31. The van der Waals surface area contributed by atoms with E-state index < -0.39 is 24.1 Å². The zero-order valence-corrected chi connectivity index (χ0v) is 18.8. The van der Waals surface area contributed by atoms with E-state index in [0.29, 0.717) is 16.8 Å². The summed E-state index contributed by atoms with van der Waals surface area (Å²) in [5.74, 6) is 2.65. The first-order valence-corrected chi connectivity index (χ1v) is 11.5. The standard InChI is InChI=1S/C22H25FN4O4S/c1-14-9-15(11-24-20(14)26-5-7-32-8-6-26)18-4-3-16(10-19(18)23)27-13-17(31-22(27)29)12-25-21(28)30-2/h3-4,9-11,17H,5-8,12-13H2,1-2H3,(H,25,28)/t17-/m0/s1.